The van der Waals surface area contributed by atoms with Crippen molar-refractivity contribution in [1.82, 2.24) is 5.32 Å². The first-order chi connectivity index (χ1) is 9.35. The molecule has 4 nitrogen and oxygen atoms in total. The zero-order valence-electron chi connectivity index (χ0n) is 11.3. The fourth-order valence-corrected chi connectivity index (χ4v) is 2.29. The van der Waals surface area contributed by atoms with Crippen molar-refractivity contribution in [3.8, 4) is 11.8 Å². The van der Waals surface area contributed by atoms with Gasteiger partial charge in [-0.3, -0.25) is 5.32 Å². The third-order valence-corrected chi connectivity index (χ3v) is 3.23. The van der Waals surface area contributed by atoms with E-state index in [1.54, 1.807) is 0 Å². The summed E-state index contributed by atoms with van der Waals surface area (Å²) in [4.78, 5) is 0. The van der Waals surface area contributed by atoms with Gasteiger partial charge in [-0.15, -0.1) is 0 Å². The Morgan fingerprint density at radius 1 is 1.53 bits per heavy atom. The first-order valence-corrected chi connectivity index (χ1v) is 6.81. The van der Waals surface area contributed by atoms with Gasteiger partial charge >= 0.3 is 0 Å². The van der Waals surface area contributed by atoms with Gasteiger partial charge in [0.2, 0.25) is 0 Å². The lowest BCUT2D eigenvalue weighted by Gasteiger charge is -2.18. The predicted octanol–water partition coefficient (Wildman–Crippen LogP) is 2.42. The molecular weight excluding hydrogens is 240 g/mol. The van der Waals surface area contributed by atoms with Crippen LogP contribution in [0.2, 0.25) is 0 Å². The van der Waals surface area contributed by atoms with Crippen LogP contribution in [0, 0.1) is 11.3 Å². The molecule has 1 aliphatic rings. The van der Waals surface area contributed by atoms with Crippen LogP contribution in [-0.4, -0.2) is 25.9 Å². The quantitative estimate of drug-likeness (QED) is 0.853. The highest BCUT2D eigenvalue weighted by molar-refractivity contribution is 5.38. The molecular formula is C15H20N2O2. The Labute approximate surface area is 114 Å². The highest BCUT2D eigenvalue weighted by atomic mass is 16.5. The molecule has 19 heavy (non-hydrogen) atoms. The molecule has 0 aromatic heterocycles. The Hall–Kier alpha value is -1.57. The molecule has 1 aromatic rings. The Morgan fingerprint density at radius 3 is 3.05 bits per heavy atom. The summed E-state index contributed by atoms with van der Waals surface area (Å²) in [6.45, 7) is 4.08. The molecule has 2 unspecified atom stereocenters. The Bertz CT molecular complexity index is 436. The minimum atomic E-state index is -0.355. The number of nitrogens with zero attached hydrogens (tertiary/aromatic N) is 1. The van der Waals surface area contributed by atoms with Crippen molar-refractivity contribution in [1.29, 1.82) is 5.26 Å². The summed E-state index contributed by atoms with van der Waals surface area (Å²) in [7, 11) is 0. The Morgan fingerprint density at radius 2 is 2.37 bits per heavy atom. The molecule has 1 fully saturated rings. The lowest BCUT2D eigenvalue weighted by molar-refractivity contribution is 0.109. The van der Waals surface area contributed by atoms with E-state index in [0.29, 0.717) is 13.2 Å². The van der Waals surface area contributed by atoms with Crippen LogP contribution in [0.25, 0.3) is 0 Å². The van der Waals surface area contributed by atoms with Gasteiger partial charge in [0.15, 0.2) is 0 Å². The number of hydrogen-bond acceptors (Lipinski definition) is 4. The van der Waals surface area contributed by atoms with Crippen LogP contribution in [0.1, 0.15) is 31.4 Å². The molecule has 2 atom stereocenters. The number of hydrogen-bond donors (Lipinski definition) is 1. The van der Waals surface area contributed by atoms with Crippen molar-refractivity contribution in [3.05, 3.63) is 29.8 Å². The normalized spacial score (nSPS) is 19.9. The minimum absolute atomic E-state index is 0.232. The predicted molar refractivity (Wildman–Crippen MR) is 72.9 cm³/mol. The number of nitrogens with one attached hydrogen (secondary N) is 1. The molecule has 1 aliphatic heterocycles. The molecule has 0 bridgehead atoms. The first kappa shape index (κ1) is 13.9. The summed E-state index contributed by atoms with van der Waals surface area (Å²) in [6.07, 6.45) is 2.41. The summed E-state index contributed by atoms with van der Waals surface area (Å²) in [5, 5.41) is 12.6. The summed E-state index contributed by atoms with van der Waals surface area (Å²) >= 11 is 0. The van der Waals surface area contributed by atoms with Gasteiger partial charge in [-0.2, -0.15) is 5.26 Å². The van der Waals surface area contributed by atoms with Gasteiger partial charge in [0.25, 0.3) is 0 Å². The lowest BCUT2D eigenvalue weighted by Crippen LogP contribution is -2.29. The zero-order valence-corrected chi connectivity index (χ0v) is 11.3. The van der Waals surface area contributed by atoms with Crippen molar-refractivity contribution in [2.24, 2.45) is 0 Å². The monoisotopic (exact) mass is 260 g/mol. The molecule has 102 valence electrons. The van der Waals surface area contributed by atoms with Crippen molar-refractivity contribution >= 4 is 0 Å². The molecule has 0 saturated carbocycles. The maximum atomic E-state index is 9.34. The van der Waals surface area contributed by atoms with E-state index in [1.165, 1.54) is 0 Å². The molecule has 0 amide bonds. The maximum Gasteiger partial charge on any atom is 0.125 e. The van der Waals surface area contributed by atoms with E-state index in [1.807, 2.05) is 31.2 Å². The molecule has 0 aliphatic carbocycles. The Balaban J connectivity index is 2.02. The second kappa shape index (κ2) is 7.13. The van der Waals surface area contributed by atoms with Gasteiger partial charge in [-0.25, -0.2) is 0 Å². The van der Waals surface area contributed by atoms with Gasteiger partial charge in [0.05, 0.1) is 18.8 Å². The Kier molecular flexibility index (Phi) is 5.20. The van der Waals surface area contributed by atoms with Gasteiger partial charge in [-0.1, -0.05) is 18.2 Å². The van der Waals surface area contributed by atoms with Gasteiger partial charge in [-0.05, 0) is 25.8 Å². The average Bonchev–Trinajstić information content (AvgIpc) is 2.95. The van der Waals surface area contributed by atoms with E-state index in [2.05, 4.69) is 11.4 Å². The van der Waals surface area contributed by atoms with Crippen molar-refractivity contribution in [2.75, 3.05) is 19.8 Å². The summed E-state index contributed by atoms with van der Waals surface area (Å²) in [6, 6.07) is 9.62. The molecule has 1 heterocycles. The van der Waals surface area contributed by atoms with Crippen LogP contribution in [-0.2, 0) is 4.74 Å². The van der Waals surface area contributed by atoms with E-state index < -0.39 is 0 Å². The summed E-state index contributed by atoms with van der Waals surface area (Å²) < 4.78 is 11.1. The van der Waals surface area contributed by atoms with E-state index in [-0.39, 0.29) is 12.1 Å². The minimum Gasteiger partial charge on any atom is -0.493 e. The van der Waals surface area contributed by atoms with E-state index in [9.17, 15) is 5.26 Å². The fourth-order valence-electron chi connectivity index (χ4n) is 2.29. The number of benzene rings is 1. The summed E-state index contributed by atoms with van der Waals surface area (Å²) in [5.41, 5.74) is 0.893. The topological polar surface area (TPSA) is 54.3 Å². The van der Waals surface area contributed by atoms with Crippen molar-refractivity contribution in [2.45, 2.75) is 31.9 Å². The number of nitriles is 1. The third-order valence-electron chi connectivity index (χ3n) is 3.23. The van der Waals surface area contributed by atoms with E-state index in [4.69, 9.17) is 9.47 Å². The smallest absolute Gasteiger partial charge is 0.125 e. The molecule has 1 N–H and O–H groups in total. The number of ether oxygens (including phenoxy) is 2. The number of rotatable bonds is 6. The average molecular weight is 260 g/mol. The molecule has 1 aromatic carbocycles. The van der Waals surface area contributed by atoms with Crippen LogP contribution < -0.4 is 10.1 Å². The molecule has 4 heteroatoms. The number of para-hydroxylation sites is 1. The van der Waals surface area contributed by atoms with Crippen LogP contribution in [0.4, 0.5) is 0 Å². The second-order valence-electron chi connectivity index (χ2n) is 4.58. The molecule has 2 rings (SSSR count). The highest BCUT2D eigenvalue weighted by Crippen LogP contribution is 2.25. The third kappa shape index (κ3) is 3.69. The van der Waals surface area contributed by atoms with Crippen LogP contribution in [0.15, 0.2) is 24.3 Å². The second-order valence-corrected chi connectivity index (χ2v) is 4.58. The largest absolute Gasteiger partial charge is 0.493 e. The van der Waals surface area contributed by atoms with Crippen LogP contribution in [0.5, 0.6) is 5.75 Å². The fraction of sp³-hybridized carbons (Fsp3) is 0.533. The summed E-state index contributed by atoms with van der Waals surface area (Å²) in [5.74, 6) is 0.774. The molecule has 0 radical (unpaired) electrons. The SMILES string of the molecule is CCOc1ccccc1C(C#N)NCC1CCCO1. The maximum absolute atomic E-state index is 9.34. The van der Waals surface area contributed by atoms with Gasteiger partial charge < -0.3 is 9.47 Å². The van der Waals surface area contributed by atoms with Crippen molar-refractivity contribution in [3.63, 3.8) is 0 Å². The van der Waals surface area contributed by atoms with E-state index in [0.717, 1.165) is 30.8 Å². The zero-order chi connectivity index (χ0) is 13.5. The first-order valence-electron chi connectivity index (χ1n) is 6.81. The van der Waals surface area contributed by atoms with Crippen LogP contribution in [0.3, 0.4) is 0 Å². The standard InChI is InChI=1S/C15H20N2O2/c1-2-18-15-8-4-3-7-13(15)14(10-16)17-11-12-6-5-9-19-12/h3-4,7-8,12,14,17H,2,5-6,9,11H2,1H3. The lowest BCUT2D eigenvalue weighted by atomic mass is 10.1. The van der Waals surface area contributed by atoms with E-state index >= 15 is 0 Å². The van der Waals surface area contributed by atoms with Gasteiger partial charge in [0, 0.05) is 18.7 Å². The van der Waals surface area contributed by atoms with Gasteiger partial charge in [0.1, 0.15) is 11.8 Å². The molecule has 1 saturated heterocycles. The van der Waals surface area contributed by atoms with Crippen molar-refractivity contribution < 1.29 is 9.47 Å². The molecule has 0 spiro atoms. The highest BCUT2D eigenvalue weighted by Gasteiger charge is 2.19. The van der Waals surface area contributed by atoms with Crippen LogP contribution >= 0.6 is 0 Å².